The van der Waals surface area contributed by atoms with Crippen LogP contribution >= 0.6 is 0 Å². The van der Waals surface area contributed by atoms with Gasteiger partial charge in [-0.1, -0.05) is 12.1 Å². The summed E-state index contributed by atoms with van der Waals surface area (Å²) in [5.74, 6) is -0.0670. The number of hydrogen-bond donors (Lipinski definition) is 4. The standard InChI is InChI=1S/C15H24N4O2/c1-4-17-14(20)8-9-18-15(21)19-13-7-5-6-12(10-13)11(2)16-3/h5-7,10-11,16H,4,8-9H2,1-3H3,(H,17,20)(H2,18,19,21). The fourth-order valence-corrected chi connectivity index (χ4v) is 1.80. The van der Waals surface area contributed by atoms with Crippen molar-refractivity contribution in [1.29, 1.82) is 0 Å². The van der Waals surface area contributed by atoms with Crippen LogP contribution in [0.15, 0.2) is 24.3 Å². The summed E-state index contributed by atoms with van der Waals surface area (Å²) >= 11 is 0. The monoisotopic (exact) mass is 292 g/mol. The van der Waals surface area contributed by atoms with E-state index in [0.717, 1.165) is 11.3 Å². The molecule has 0 saturated heterocycles. The normalized spacial score (nSPS) is 11.6. The molecule has 0 radical (unpaired) electrons. The Morgan fingerprint density at radius 3 is 2.67 bits per heavy atom. The SMILES string of the molecule is CCNC(=O)CCNC(=O)Nc1cccc(C(C)NC)c1. The second kappa shape index (κ2) is 8.97. The summed E-state index contributed by atoms with van der Waals surface area (Å²) in [7, 11) is 1.89. The Labute approximate surface area is 125 Å². The molecule has 1 rings (SSSR count). The molecule has 0 aliphatic rings. The number of anilines is 1. The molecule has 0 spiro atoms. The molecule has 1 atom stereocenters. The van der Waals surface area contributed by atoms with Gasteiger partial charge in [0.05, 0.1) is 0 Å². The fraction of sp³-hybridized carbons (Fsp3) is 0.467. The van der Waals surface area contributed by atoms with Crippen LogP contribution in [-0.4, -0.2) is 32.1 Å². The summed E-state index contributed by atoms with van der Waals surface area (Å²) in [6.07, 6.45) is 0.276. The Hall–Kier alpha value is -2.08. The van der Waals surface area contributed by atoms with Gasteiger partial charge in [0.1, 0.15) is 0 Å². The van der Waals surface area contributed by atoms with Gasteiger partial charge in [0, 0.05) is 31.2 Å². The van der Waals surface area contributed by atoms with Crippen LogP contribution in [0.1, 0.15) is 31.9 Å². The highest BCUT2D eigenvalue weighted by atomic mass is 16.2. The van der Waals surface area contributed by atoms with Crippen molar-refractivity contribution in [3.05, 3.63) is 29.8 Å². The maximum Gasteiger partial charge on any atom is 0.319 e. The van der Waals surface area contributed by atoms with Gasteiger partial charge in [-0.3, -0.25) is 4.79 Å². The topological polar surface area (TPSA) is 82.3 Å². The smallest absolute Gasteiger partial charge is 0.319 e. The molecule has 0 aromatic heterocycles. The van der Waals surface area contributed by atoms with Gasteiger partial charge in [0.15, 0.2) is 0 Å². The Kier molecular flexibility index (Phi) is 7.25. The third-order valence-electron chi connectivity index (χ3n) is 3.09. The van der Waals surface area contributed by atoms with Crippen molar-refractivity contribution in [1.82, 2.24) is 16.0 Å². The zero-order valence-electron chi connectivity index (χ0n) is 12.8. The quantitative estimate of drug-likeness (QED) is 0.616. The first-order valence-corrected chi connectivity index (χ1v) is 7.15. The van der Waals surface area contributed by atoms with Crippen molar-refractivity contribution in [3.8, 4) is 0 Å². The largest absolute Gasteiger partial charge is 0.356 e. The average molecular weight is 292 g/mol. The van der Waals surface area contributed by atoms with Gasteiger partial charge in [-0.25, -0.2) is 4.79 Å². The van der Waals surface area contributed by atoms with E-state index < -0.39 is 0 Å². The third-order valence-corrected chi connectivity index (χ3v) is 3.09. The van der Waals surface area contributed by atoms with Crippen LogP contribution in [0.2, 0.25) is 0 Å². The van der Waals surface area contributed by atoms with Gasteiger partial charge in [-0.15, -0.1) is 0 Å². The van der Waals surface area contributed by atoms with Crippen molar-refractivity contribution in [2.24, 2.45) is 0 Å². The highest BCUT2D eigenvalue weighted by molar-refractivity contribution is 5.89. The number of nitrogens with one attached hydrogen (secondary N) is 4. The second-order valence-electron chi connectivity index (χ2n) is 4.72. The van der Waals surface area contributed by atoms with Crippen molar-refractivity contribution < 1.29 is 9.59 Å². The Balaban J connectivity index is 2.42. The molecule has 0 bridgehead atoms. The van der Waals surface area contributed by atoms with Crippen LogP contribution in [0.4, 0.5) is 10.5 Å². The van der Waals surface area contributed by atoms with E-state index in [1.54, 1.807) is 0 Å². The number of carbonyl (C=O) groups excluding carboxylic acids is 2. The number of rotatable bonds is 7. The maximum atomic E-state index is 11.7. The molecule has 4 N–H and O–H groups in total. The molecule has 0 saturated carbocycles. The lowest BCUT2D eigenvalue weighted by atomic mass is 10.1. The Morgan fingerprint density at radius 2 is 2.00 bits per heavy atom. The molecule has 1 aromatic rings. The minimum atomic E-state index is -0.312. The predicted octanol–water partition coefficient (Wildman–Crippen LogP) is 1.61. The van der Waals surface area contributed by atoms with Gasteiger partial charge in [0.2, 0.25) is 5.91 Å². The van der Waals surface area contributed by atoms with Gasteiger partial charge in [-0.2, -0.15) is 0 Å². The average Bonchev–Trinajstić information content (AvgIpc) is 2.47. The fourth-order valence-electron chi connectivity index (χ4n) is 1.80. The summed E-state index contributed by atoms with van der Waals surface area (Å²) in [5, 5.41) is 11.2. The highest BCUT2D eigenvalue weighted by Gasteiger charge is 2.06. The third kappa shape index (κ3) is 6.27. The minimum absolute atomic E-state index is 0.0670. The zero-order valence-corrected chi connectivity index (χ0v) is 12.8. The van der Waals surface area contributed by atoms with E-state index in [9.17, 15) is 9.59 Å². The summed E-state index contributed by atoms with van der Waals surface area (Å²) in [5.41, 5.74) is 1.82. The van der Waals surface area contributed by atoms with Crippen molar-refractivity contribution in [3.63, 3.8) is 0 Å². The molecule has 21 heavy (non-hydrogen) atoms. The first kappa shape index (κ1) is 17.0. The minimum Gasteiger partial charge on any atom is -0.356 e. The molecule has 0 aliphatic carbocycles. The Bertz CT molecular complexity index is 476. The lowest BCUT2D eigenvalue weighted by Crippen LogP contribution is -2.33. The van der Waals surface area contributed by atoms with E-state index in [1.807, 2.05) is 45.2 Å². The number of amides is 3. The van der Waals surface area contributed by atoms with E-state index in [2.05, 4.69) is 21.3 Å². The van der Waals surface area contributed by atoms with Crippen molar-refractivity contribution in [2.45, 2.75) is 26.3 Å². The van der Waals surface area contributed by atoms with E-state index in [1.165, 1.54) is 0 Å². The predicted molar refractivity (Wildman–Crippen MR) is 84.2 cm³/mol. The molecule has 0 heterocycles. The lowest BCUT2D eigenvalue weighted by Gasteiger charge is -2.13. The summed E-state index contributed by atoms with van der Waals surface area (Å²) in [4.78, 5) is 23.0. The molecule has 116 valence electrons. The van der Waals surface area contributed by atoms with Crippen LogP contribution in [-0.2, 0) is 4.79 Å². The second-order valence-corrected chi connectivity index (χ2v) is 4.72. The lowest BCUT2D eigenvalue weighted by molar-refractivity contribution is -0.120. The van der Waals surface area contributed by atoms with Gasteiger partial charge >= 0.3 is 6.03 Å². The molecule has 6 nitrogen and oxygen atoms in total. The van der Waals surface area contributed by atoms with Crippen LogP contribution in [0.25, 0.3) is 0 Å². The van der Waals surface area contributed by atoms with E-state index in [0.29, 0.717) is 13.1 Å². The molecule has 6 heteroatoms. The first-order chi connectivity index (χ1) is 10.1. The highest BCUT2D eigenvalue weighted by Crippen LogP contribution is 2.16. The molecule has 1 aromatic carbocycles. The molecule has 3 amide bonds. The number of hydrogen-bond acceptors (Lipinski definition) is 3. The maximum absolute atomic E-state index is 11.7. The van der Waals surface area contributed by atoms with E-state index >= 15 is 0 Å². The van der Waals surface area contributed by atoms with E-state index in [-0.39, 0.29) is 24.4 Å². The zero-order chi connectivity index (χ0) is 15.7. The molecular formula is C15H24N4O2. The molecule has 0 aliphatic heterocycles. The molecule has 0 fully saturated rings. The number of urea groups is 1. The first-order valence-electron chi connectivity index (χ1n) is 7.15. The van der Waals surface area contributed by atoms with Gasteiger partial charge in [-0.05, 0) is 38.6 Å². The summed E-state index contributed by atoms with van der Waals surface area (Å²) < 4.78 is 0. The molecular weight excluding hydrogens is 268 g/mol. The summed E-state index contributed by atoms with van der Waals surface area (Å²) in [6.45, 7) is 4.81. The Morgan fingerprint density at radius 1 is 1.24 bits per heavy atom. The molecule has 1 unspecified atom stereocenters. The number of carbonyl (C=O) groups is 2. The van der Waals surface area contributed by atoms with Crippen LogP contribution in [0.5, 0.6) is 0 Å². The van der Waals surface area contributed by atoms with Crippen LogP contribution in [0, 0.1) is 0 Å². The van der Waals surface area contributed by atoms with Crippen LogP contribution < -0.4 is 21.3 Å². The summed E-state index contributed by atoms with van der Waals surface area (Å²) in [6, 6.07) is 7.55. The van der Waals surface area contributed by atoms with Crippen molar-refractivity contribution in [2.75, 3.05) is 25.5 Å². The number of benzene rings is 1. The van der Waals surface area contributed by atoms with Crippen molar-refractivity contribution >= 4 is 17.6 Å². The van der Waals surface area contributed by atoms with Gasteiger partial charge < -0.3 is 21.3 Å². The van der Waals surface area contributed by atoms with Gasteiger partial charge in [0.25, 0.3) is 0 Å². The van der Waals surface area contributed by atoms with Crippen LogP contribution in [0.3, 0.4) is 0 Å². The van der Waals surface area contributed by atoms with E-state index in [4.69, 9.17) is 0 Å².